The third kappa shape index (κ3) is 1.38. The number of fused-ring (bicyclic) bond motifs is 3. The molecule has 0 aliphatic heterocycles. The van der Waals surface area contributed by atoms with Crippen LogP contribution in [0.3, 0.4) is 0 Å². The van der Waals surface area contributed by atoms with Gasteiger partial charge in [-0.15, -0.1) is 0 Å². The minimum absolute atomic E-state index is 0.241. The molecule has 3 rings (SSSR count). The van der Waals surface area contributed by atoms with Crippen molar-refractivity contribution in [2.75, 3.05) is 0 Å². The minimum Gasteiger partial charge on any atom is -0.481 e. The summed E-state index contributed by atoms with van der Waals surface area (Å²) in [6.45, 7) is 2.21. The second-order valence-corrected chi connectivity index (χ2v) is 5.61. The molecule has 2 aliphatic carbocycles. The van der Waals surface area contributed by atoms with Crippen LogP contribution in [-0.4, -0.2) is 11.1 Å². The van der Waals surface area contributed by atoms with Gasteiger partial charge in [-0.25, -0.2) is 0 Å². The number of hydrogen-bond donors (Lipinski definition) is 1. The fourth-order valence-corrected chi connectivity index (χ4v) is 3.79. The van der Waals surface area contributed by atoms with Crippen LogP contribution in [0, 0.1) is 5.92 Å². The molecule has 0 saturated carbocycles. The third-order valence-electron chi connectivity index (χ3n) is 4.72. The van der Waals surface area contributed by atoms with Gasteiger partial charge in [0.2, 0.25) is 0 Å². The van der Waals surface area contributed by atoms with Crippen LogP contribution in [-0.2, 0) is 10.2 Å². The van der Waals surface area contributed by atoms with Crippen LogP contribution in [0.15, 0.2) is 36.4 Å². The van der Waals surface area contributed by atoms with Crippen LogP contribution in [0.5, 0.6) is 0 Å². The van der Waals surface area contributed by atoms with Gasteiger partial charge >= 0.3 is 5.97 Å². The summed E-state index contributed by atoms with van der Waals surface area (Å²) < 4.78 is 0. The highest BCUT2D eigenvalue weighted by molar-refractivity contribution is 5.83. The number of hydrogen-bond acceptors (Lipinski definition) is 1. The molecule has 1 aromatic carbocycles. The zero-order valence-electron chi connectivity index (χ0n) is 10.6. The van der Waals surface area contributed by atoms with Crippen molar-refractivity contribution >= 4 is 5.97 Å². The molecule has 0 unspecified atom stereocenters. The van der Waals surface area contributed by atoms with E-state index in [-0.39, 0.29) is 5.92 Å². The smallest absolute Gasteiger partial charge is 0.314 e. The van der Waals surface area contributed by atoms with Gasteiger partial charge < -0.3 is 5.11 Å². The highest BCUT2D eigenvalue weighted by atomic mass is 16.4. The summed E-state index contributed by atoms with van der Waals surface area (Å²) in [5.41, 5.74) is 1.59. The van der Waals surface area contributed by atoms with E-state index in [1.807, 2.05) is 24.3 Å². The fraction of sp³-hybridized carbons (Fsp3) is 0.438. The lowest BCUT2D eigenvalue weighted by Crippen LogP contribution is -2.47. The summed E-state index contributed by atoms with van der Waals surface area (Å²) in [4.78, 5) is 11.9. The average Bonchev–Trinajstić information content (AvgIpc) is 2.39. The van der Waals surface area contributed by atoms with E-state index in [4.69, 9.17) is 0 Å². The Morgan fingerprint density at radius 2 is 2.11 bits per heavy atom. The molecule has 1 aromatic rings. The maximum Gasteiger partial charge on any atom is 0.314 e. The predicted octanol–water partition coefficient (Wildman–Crippen LogP) is 3.48. The van der Waals surface area contributed by atoms with Gasteiger partial charge in [-0.2, -0.15) is 0 Å². The molecular formula is C16H18O2. The Bertz CT molecular complexity index is 518. The van der Waals surface area contributed by atoms with Crippen molar-refractivity contribution in [3.8, 4) is 0 Å². The van der Waals surface area contributed by atoms with E-state index in [1.165, 1.54) is 5.56 Å². The molecule has 0 bridgehead atoms. The van der Waals surface area contributed by atoms with Crippen molar-refractivity contribution < 1.29 is 9.90 Å². The highest BCUT2D eigenvalue weighted by Gasteiger charge is 2.51. The zero-order chi connectivity index (χ0) is 12.8. The third-order valence-corrected chi connectivity index (χ3v) is 4.72. The van der Waals surface area contributed by atoms with Gasteiger partial charge in [0, 0.05) is 0 Å². The Morgan fingerprint density at radius 3 is 2.89 bits per heavy atom. The molecule has 94 valence electrons. The molecule has 0 saturated heterocycles. The van der Waals surface area contributed by atoms with Crippen molar-refractivity contribution in [2.24, 2.45) is 5.92 Å². The van der Waals surface area contributed by atoms with E-state index in [1.54, 1.807) is 0 Å². The van der Waals surface area contributed by atoms with Crippen molar-refractivity contribution in [3.63, 3.8) is 0 Å². The number of carboxylic acids is 1. The molecule has 1 N–H and O–H groups in total. The highest BCUT2D eigenvalue weighted by Crippen LogP contribution is 2.51. The fourth-order valence-electron chi connectivity index (χ4n) is 3.79. The SMILES string of the molecule is C[C@@H]1C[C@@H]2CC=CC[C@]2(C(=O)O)c2ccccc21. The van der Waals surface area contributed by atoms with Gasteiger partial charge in [-0.3, -0.25) is 4.79 Å². The van der Waals surface area contributed by atoms with Gasteiger partial charge in [0.15, 0.2) is 0 Å². The molecule has 0 heterocycles. The number of carbonyl (C=O) groups is 1. The van der Waals surface area contributed by atoms with Crippen molar-refractivity contribution in [1.29, 1.82) is 0 Å². The monoisotopic (exact) mass is 242 g/mol. The van der Waals surface area contributed by atoms with Gasteiger partial charge in [-0.05, 0) is 42.2 Å². The average molecular weight is 242 g/mol. The number of rotatable bonds is 1. The first-order chi connectivity index (χ1) is 8.66. The Labute approximate surface area is 107 Å². The second kappa shape index (κ2) is 3.98. The molecule has 3 atom stereocenters. The van der Waals surface area contributed by atoms with Crippen LogP contribution < -0.4 is 0 Å². The lowest BCUT2D eigenvalue weighted by Gasteiger charge is -2.45. The summed E-state index contributed by atoms with van der Waals surface area (Å²) in [6.07, 6.45) is 6.69. The first-order valence-corrected chi connectivity index (χ1v) is 6.64. The van der Waals surface area contributed by atoms with E-state index in [0.29, 0.717) is 12.3 Å². The largest absolute Gasteiger partial charge is 0.481 e. The van der Waals surface area contributed by atoms with E-state index >= 15 is 0 Å². The lowest BCUT2D eigenvalue weighted by molar-refractivity contribution is -0.147. The van der Waals surface area contributed by atoms with Gasteiger partial charge in [0.05, 0.1) is 5.41 Å². The van der Waals surface area contributed by atoms with Gasteiger partial charge in [0.1, 0.15) is 0 Å². The molecule has 0 spiro atoms. The molecule has 2 aliphatic rings. The lowest BCUT2D eigenvalue weighted by atomic mass is 9.57. The van der Waals surface area contributed by atoms with Crippen molar-refractivity contribution in [3.05, 3.63) is 47.5 Å². The van der Waals surface area contributed by atoms with Gasteiger partial charge in [0.25, 0.3) is 0 Å². The molecule has 0 amide bonds. The molecule has 18 heavy (non-hydrogen) atoms. The molecule has 0 fully saturated rings. The maximum absolute atomic E-state index is 11.9. The first kappa shape index (κ1) is 11.5. The summed E-state index contributed by atoms with van der Waals surface area (Å²) in [5.74, 6) is 0.0475. The summed E-state index contributed by atoms with van der Waals surface area (Å²) in [6, 6.07) is 8.10. The molecule has 0 radical (unpaired) electrons. The van der Waals surface area contributed by atoms with E-state index in [9.17, 15) is 9.90 Å². The molecule has 2 heteroatoms. The Hall–Kier alpha value is -1.57. The zero-order valence-corrected chi connectivity index (χ0v) is 10.6. The molecule has 2 nitrogen and oxygen atoms in total. The van der Waals surface area contributed by atoms with Gasteiger partial charge in [-0.1, -0.05) is 43.3 Å². The number of carboxylic acid groups (broad SMARTS) is 1. The van der Waals surface area contributed by atoms with Crippen molar-refractivity contribution in [1.82, 2.24) is 0 Å². The van der Waals surface area contributed by atoms with Crippen LogP contribution in [0.25, 0.3) is 0 Å². The van der Waals surface area contributed by atoms with Crippen LogP contribution >= 0.6 is 0 Å². The number of allylic oxidation sites excluding steroid dienone is 2. The van der Waals surface area contributed by atoms with E-state index in [0.717, 1.165) is 18.4 Å². The summed E-state index contributed by atoms with van der Waals surface area (Å²) in [5, 5.41) is 9.82. The quantitative estimate of drug-likeness (QED) is 0.765. The Balaban J connectivity index is 2.24. The maximum atomic E-state index is 11.9. The normalized spacial score (nSPS) is 33.6. The summed E-state index contributed by atoms with van der Waals surface area (Å²) >= 11 is 0. The number of benzene rings is 1. The van der Waals surface area contributed by atoms with Crippen LogP contribution in [0.2, 0.25) is 0 Å². The predicted molar refractivity (Wildman–Crippen MR) is 70.7 cm³/mol. The second-order valence-electron chi connectivity index (χ2n) is 5.61. The van der Waals surface area contributed by atoms with Crippen LogP contribution in [0.1, 0.15) is 43.2 Å². The molecule has 0 aromatic heterocycles. The molecular weight excluding hydrogens is 224 g/mol. The standard InChI is InChI=1S/C16H18O2/c1-11-10-12-6-4-5-9-16(12,15(17)18)14-8-3-2-7-13(11)14/h2-5,7-8,11-12H,6,9-10H2,1H3,(H,17,18)/t11-,12+,16-/m1/s1. The van der Waals surface area contributed by atoms with Crippen LogP contribution in [0.4, 0.5) is 0 Å². The number of aliphatic carboxylic acids is 1. The summed E-state index contributed by atoms with van der Waals surface area (Å²) in [7, 11) is 0. The topological polar surface area (TPSA) is 37.3 Å². The van der Waals surface area contributed by atoms with Crippen molar-refractivity contribution in [2.45, 2.75) is 37.5 Å². The van der Waals surface area contributed by atoms with E-state index in [2.05, 4.69) is 19.1 Å². The first-order valence-electron chi connectivity index (χ1n) is 6.64. The Morgan fingerprint density at radius 1 is 1.33 bits per heavy atom. The minimum atomic E-state index is -0.683. The Kier molecular flexibility index (Phi) is 2.54. The van der Waals surface area contributed by atoms with E-state index < -0.39 is 11.4 Å².